The number of hydrogen-bond acceptors (Lipinski definition) is 4. The van der Waals surface area contributed by atoms with Crippen molar-refractivity contribution in [2.45, 2.75) is 6.92 Å². The van der Waals surface area contributed by atoms with Crippen LogP contribution >= 0.6 is 0 Å². The minimum Gasteiger partial charge on any atom is -0.393 e. The van der Waals surface area contributed by atoms with Gasteiger partial charge in [-0.3, -0.25) is 14.9 Å². The van der Waals surface area contributed by atoms with Crippen molar-refractivity contribution in [1.29, 1.82) is 0 Å². The van der Waals surface area contributed by atoms with Crippen LogP contribution in [0.2, 0.25) is 0 Å². The number of halogens is 1. The predicted molar refractivity (Wildman–Crippen MR) is 76.6 cm³/mol. The lowest BCUT2D eigenvalue weighted by molar-refractivity contribution is -0.383. The Kier molecular flexibility index (Phi) is 3.84. The molecule has 0 unspecified atom stereocenters. The standard InChI is InChI=1S/C14H12FN3O3/c1-8-10(15)3-2-4-12(8)17-14(19)9-5-6-11(16)13(7-9)18(20)21/h2-7H,16H2,1H3,(H,17,19). The summed E-state index contributed by atoms with van der Waals surface area (Å²) in [5, 5.41) is 13.3. The first-order chi connectivity index (χ1) is 9.90. The number of hydrogen-bond donors (Lipinski definition) is 2. The summed E-state index contributed by atoms with van der Waals surface area (Å²) < 4.78 is 13.4. The lowest BCUT2D eigenvalue weighted by Crippen LogP contribution is -2.13. The number of carbonyl (C=O) groups excluding carboxylic acids is 1. The molecule has 0 bridgehead atoms. The van der Waals surface area contributed by atoms with E-state index < -0.39 is 16.6 Å². The van der Waals surface area contributed by atoms with E-state index in [4.69, 9.17) is 5.73 Å². The maximum Gasteiger partial charge on any atom is 0.292 e. The number of anilines is 2. The van der Waals surface area contributed by atoms with Gasteiger partial charge in [0.1, 0.15) is 11.5 Å². The predicted octanol–water partition coefficient (Wildman–Crippen LogP) is 2.88. The Bertz CT molecular complexity index is 731. The quantitative estimate of drug-likeness (QED) is 0.515. The smallest absolute Gasteiger partial charge is 0.292 e. The average molecular weight is 289 g/mol. The zero-order chi connectivity index (χ0) is 15.6. The van der Waals surface area contributed by atoms with Crippen LogP contribution < -0.4 is 11.1 Å². The monoisotopic (exact) mass is 289 g/mol. The second-order valence-corrected chi connectivity index (χ2v) is 4.40. The summed E-state index contributed by atoms with van der Waals surface area (Å²) in [4.78, 5) is 22.2. The van der Waals surface area contributed by atoms with Crippen LogP contribution in [0.5, 0.6) is 0 Å². The van der Waals surface area contributed by atoms with Crippen molar-refractivity contribution in [3.63, 3.8) is 0 Å². The van der Waals surface area contributed by atoms with E-state index in [1.165, 1.54) is 31.2 Å². The van der Waals surface area contributed by atoms with Crippen LogP contribution in [0.15, 0.2) is 36.4 Å². The van der Waals surface area contributed by atoms with Gasteiger partial charge in [0.2, 0.25) is 0 Å². The molecule has 2 aromatic rings. The van der Waals surface area contributed by atoms with Gasteiger partial charge < -0.3 is 11.1 Å². The number of benzene rings is 2. The molecule has 0 saturated carbocycles. The Morgan fingerprint density at radius 2 is 2.05 bits per heavy atom. The van der Waals surface area contributed by atoms with E-state index in [1.54, 1.807) is 6.07 Å². The highest BCUT2D eigenvalue weighted by Crippen LogP contribution is 2.24. The molecule has 0 aliphatic heterocycles. The van der Waals surface area contributed by atoms with Crippen LogP contribution in [0.4, 0.5) is 21.5 Å². The molecule has 0 aliphatic carbocycles. The highest BCUT2D eigenvalue weighted by molar-refractivity contribution is 6.05. The Morgan fingerprint density at radius 3 is 2.71 bits per heavy atom. The molecule has 0 spiro atoms. The van der Waals surface area contributed by atoms with Crippen LogP contribution in [0.3, 0.4) is 0 Å². The number of nitrogens with zero attached hydrogens (tertiary/aromatic N) is 1. The van der Waals surface area contributed by atoms with E-state index in [-0.39, 0.29) is 22.5 Å². The van der Waals surface area contributed by atoms with Gasteiger partial charge in [0.25, 0.3) is 11.6 Å². The van der Waals surface area contributed by atoms with Crippen LogP contribution in [0.1, 0.15) is 15.9 Å². The highest BCUT2D eigenvalue weighted by atomic mass is 19.1. The van der Waals surface area contributed by atoms with Crippen molar-refractivity contribution < 1.29 is 14.1 Å². The van der Waals surface area contributed by atoms with Crippen LogP contribution in [-0.2, 0) is 0 Å². The third-order valence-electron chi connectivity index (χ3n) is 3.01. The average Bonchev–Trinajstić information content (AvgIpc) is 2.44. The van der Waals surface area contributed by atoms with Crippen molar-refractivity contribution in [2.24, 2.45) is 0 Å². The van der Waals surface area contributed by atoms with Gasteiger partial charge in [-0.2, -0.15) is 0 Å². The maximum atomic E-state index is 13.4. The van der Waals surface area contributed by atoms with Gasteiger partial charge in [-0.25, -0.2) is 4.39 Å². The topological polar surface area (TPSA) is 98.3 Å². The number of rotatable bonds is 3. The maximum absolute atomic E-state index is 13.4. The van der Waals surface area contributed by atoms with Crippen LogP contribution in [0.25, 0.3) is 0 Å². The fourth-order valence-corrected chi connectivity index (χ4v) is 1.78. The van der Waals surface area contributed by atoms with Crippen molar-refractivity contribution in [3.8, 4) is 0 Å². The highest BCUT2D eigenvalue weighted by Gasteiger charge is 2.16. The molecule has 0 atom stereocenters. The normalized spacial score (nSPS) is 10.2. The largest absolute Gasteiger partial charge is 0.393 e. The summed E-state index contributed by atoms with van der Waals surface area (Å²) in [6.07, 6.45) is 0. The third kappa shape index (κ3) is 2.97. The van der Waals surface area contributed by atoms with E-state index in [0.29, 0.717) is 5.69 Å². The molecule has 0 aromatic heterocycles. The van der Waals surface area contributed by atoms with Gasteiger partial charge in [0, 0.05) is 22.9 Å². The molecule has 21 heavy (non-hydrogen) atoms. The molecule has 0 aliphatic rings. The summed E-state index contributed by atoms with van der Waals surface area (Å²) in [6.45, 7) is 1.52. The number of carbonyl (C=O) groups is 1. The fraction of sp³-hybridized carbons (Fsp3) is 0.0714. The van der Waals surface area contributed by atoms with Crippen molar-refractivity contribution >= 4 is 23.0 Å². The van der Waals surface area contributed by atoms with Gasteiger partial charge >= 0.3 is 0 Å². The summed E-state index contributed by atoms with van der Waals surface area (Å²) in [7, 11) is 0. The van der Waals surface area contributed by atoms with Crippen molar-refractivity contribution in [2.75, 3.05) is 11.1 Å². The summed E-state index contributed by atoms with van der Waals surface area (Å²) >= 11 is 0. The molecule has 0 fully saturated rings. The minimum absolute atomic E-state index is 0.0292. The molecule has 108 valence electrons. The second kappa shape index (κ2) is 5.58. The first-order valence-corrected chi connectivity index (χ1v) is 6.00. The summed E-state index contributed by atoms with van der Waals surface area (Å²) in [5.41, 5.74) is 5.75. The molecule has 2 rings (SSSR count). The fourth-order valence-electron chi connectivity index (χ4n) is 1.78. The van der Waals surface area contributed by atoms with Gasteiger partial charge in [-0.15, -0.1) is 0 Å². The van der Waals surface area contributed by atoms with Crippen LogP contribution in [0, 0.1) is 22.9 Å². The second-order valence-electron chi connectivity index (χ2n) is 4.40. The van der Waals surface area contributed by atoms with Crippen molar-refractivity contribution in [3.05, 3.63) is 63.5 Å². The lowest BCUT2D eigenvalue weighted by Gasteiger charge is -2.09. The lowest BCUT2D eigenvalue weighted by atomic mass is 10.1. The zero-order valence-electron chi connectivity index (χ0n) is 11.1. The van der Waals surface area contributed by atoms with Gasteiger partial charge in [-0.1, -0.05) is 6.07 Å². The number of amides is 1. The molecule has 2 aromatic carbocycles. The van der Waals surface area contributed by atoms with Crippen molar-refractivity contribution in [1.82, 2.24) is 0 Å². The molecule has 7 heteroatoms. The molecular weight excluding hydrogens is 277 g/mol. The molecule has 0 heterocycles. The van der Waals surface area contributed by atoms with E-state index in [0.717, 1.165) is 6.07 Å². The third-order valence-corrected chi connectivity index (χ3v) is 3.01. The van der Waals surface area contributed by atoms with E-state index in [1.807, 2.05) is 0 Å². The Hall–Kier alpha value is -2.96. The van der Waals surface area contributed by atoms with Gasteiger partial charge in [0.15, 0.2) is 0 Å². The summed E-state index contributed by atoms with van der Waals surface area (Å²) in [5.74, 6) is -1.03. The minimum atomic E-state index is -0.667. The van der Waals surface area contributed by atoms with E-state index >= 15 is 0 Å². The first kappa shape index (κ1) is 14.4. The van der Waals surface area contributed by atoms with Gasteiger partial charge in [-0.05, 0) is 31.2 Å². The van der Waals surface area contributed by atoms with Gasteiger partial charge in [0.05, 0.1) is 4.92 Å². The van der Waals surface area contributed by atoms with Crippen LogP contribution in [-0.4, -0.2) is 10.8 Å². The molecular formula is C14H12FN3O3. The number of nitrogen functional groups attached to an aromatic ring is 1. The number of nitro groups is 1. The summed E-state index contributed by atoms with van der Waals surface area (Å²) in [6, 6.07) is 8.02. The molecule has 0 radical (unpaired) electrons. The number of nitrogens with two attached hydrogens (primary N) is 1. The van der Waals surface area contributed by atoms with E-state index in [9.17, 15) is 19.3 Å². The zero-order valence-corrected chi connectivity index (χ0v) is 11.1. The molecule has 0 saturated heterocycles. The Morgan fingerprint density at radius 1 is 1.33 bits per heavy atom. The molecule has 6 nitrogen and oxygen atoms in total. The number of nitrogens with one attached hydrogen (secondary N) is 1. The SMILES string of the molecule is Cc1c(F)cccc1NC(=O)c1ccc(N)c([N+](=O)[O-])c1. The first-order valence-electron chi connectivity index (χ1n) is 6.00. The Labute approximate surface area is 119 Å². The Balaban J connectivity index is 2.31. The molecule has 3 N–H and O–H groups in total. The van der Waals surface area contributed by atoms with E-state index in [2.05, 4.69) is 5.32 Å². The number of nitro benzene ring substituents is 1. The molecule has 1 amide bonds.